The van der Waals surface area contributed by atoms with Crippen molar-refractivity contribution < 1.29 is 18.7 Å². The van der Waals surface area contributed by atoms with Crippen LogP contribution >= 0.6 is 11.8 Å². The first-order valence-corrected chi connectivity index (χ1v) is 11.3. The van der Waals surface area contributed by atoms with Crippen LogP contribution < -0.4 is 10.5 Å². The molecule has 2 heterocycles. The zero-order chi connectivity index (χ0) is 23.7. The van der Waals surface area contributed by atoms with Crippen molar-refractivity contribution in [3.05, 3.63) is 112 Å². The van der Waals surface area contributed by atoms with E-state index in [0.29, 0.717) is 27.6 Å². The number of phenols is 1. The van der Waals surface area contributed by atoms with Gasteiger partial charge in [-0.25, -0.2) is 14.2 Å². The van der Waals surface area contributed by atoms with E-state index in [4.69, 9.17) is 4.42 Å². The predicted molar refractivity (Wildman–Crippen MR) is 131 cm³/mol. The molecule has 0 radical (unpaired) electrons. The average Bonchev–Trinajstić information content (AvgIpc) is 3.13. The Labute approximate surface area is 197 Å². The Morgan fingerprint density at radius 1 is 1.00 bits per heavy atom. The van der Waals surface area contributed by atoms with Crippen molar-refractivity contribution in [2.75, 3.05) is 4.90 Å². The predicted octanol–water partition coefficient (Wildman–Crippen LogP) is 5.31. The third kappa shape index (κ3) is 4.35. The maximum atomic E-state index is 13.5. The van der Waals surface area contributed by atoms with Crippen molar-refractivity contribution in [1.29, 1.82) is 0 Å². The summed E-state index contributed by atoms with van der Waals surface area (Å²) in [5.41, 5.74) is 1.96. The third-order valence-corrected chi connectivity index (χ3v) is 6.18. The zero-order valence-corrected chi connectivity index (χ0v) is 18.5. The monoisotopic (exact) mass is 472 g/mol. The summed E-state index contributed by atoms with van der Waals surface area (Å²) in [7, 11) is 0. The van der Waals surface area contributed by atoms with Gasteiger partial charge in [-0.2, -0.15) is 0 Å². The largest absolute Gasteiger partial charge is 0.508 e. The molecule has 0 atom stereocenters. The van der Waals surface area contributed by atoms with Crippen molar-refractivity contribution in [3.63, 3.8) is 0 Å². The van der Waals surface area contributed by atoms with Crippen LogP contribution in [0.15, 0.2) is 98.8 Å². The number of halogens is 1. The first-order valence-electron chi connectivity index (χ1n) is 10.3. The Hall–Kier alpha value is -4.17. The molecule has 168 valence electrons. The van der Waals surface area contributed by atoms with Gasteiger partial charge in [-0.3, -0.25) is 9.69 Å². The van der Waals surface area contributed by atoms with Crippen molar-refractivity contribution >= 4 is 45.6 Å². The SMILES string of the molecule is O=C1/C(=C/c2ccccc2)N=C(SCc2cc(=O)oc3cc(O)ccc23)N1c1ccc(F)cc1. The molecular weight excluding hydrogens is 455 g/mol. The van der Waals surface area contributed by atoms with Crippen LogP contribution in [0.3, 0.4) is 0 Å². The minimum atomic E-state index is -0.543. The normalized spacial score (nSPS) is 14.7. The zero-order valence-electron chi connectivity index (χ0n) is 17.6. The van der Waals surface area contributed by atoms with Crippen LogP contribution in [-0.2, 0) is 10.5 Å². The van der Waals surface area contributed by atoms with Crippen LogP contribution in [-0.4, -0.2) is 16.2 Å². The molecule has 0 fully saturated rings. The number of rotatable bonds is 4. The number of aliphatic imine (C=N–C) groups is 1. The van der Waals surface area contributed by atoms with Gasteiger partial charge in [0, 0.05) is 23.3 Å². The van der Waals surface area contributed by atoms with E-state index in [0.717, 1.165) is 5.56 Å². The number of hydrogen-bond donors (Lipinski definition) is 1. The lowest BCUT2D eigenvalue weighted by Gasteiger charge is -2.18. The molecule has 0 saturated carbocycles. The highest BCUT2D eigenvalue weighted by Crippen LogP contribution is 2.32. The summed E-state index contributed by atoms with van der Waals surface area (Å²) in [5, 5.41) is 10.8. The molecule has 1 aliphatic heterocycles. The molecule has 6 nitrogen and oxygen atoms in total. The van der Waals surface area contributed by atoms with Crippen LogP contribution in [0.2, 0.25) is 0 Å². The lowest BCUT2D eigenvalue weighted by atomic mass is 10.1. The highest BCUT2D eigenvalue weighted by atomic mass is 32.2. The van der Waals surface area contributed by atoms with Crippen molar-refractivity contribution in [3.8, 4) is 5.75 Å². The number of phenolic OH excluding ortho intramolecular Hbond substituents is 1. The molecule has 4 aromatic rings. The Morgan fingerprint density at radius 2 is 1.76 bits per heavy atom. The van der Waals surface area contributed by atoms with Gasteiger partial charge in [0.05, 0.1) is 5.69 Å². The van der Waals surface area contributed by atoms with Crippen LogP contribution in [0, 0.1) is 5.82 Å². The van der Waals surface area contributed by atoms with E-state index in [1.807, 2.05) is 30.3 Å². The second kappa shape index (κ2) is 8.99. The topological polar surface area (TPSA) is 83.1 Å². The van der Waals surface area contributed by atoms with E-state index in [1.165, 1.54) is 59.1 Å². The van der Waals surface area contributed by atoms with Gasteiger partial charge in [0.15, 0.2) is 5.17 Å². The van der Waals surface area contributed by atoms with Gasteiger partial charge in [-0.05, 0) is 53.6 Å². The number of amides is 1. The van der Waals surface area contributed by atoms with E-state index in [-0.39, 0.29) is 22.9 Å². The van der Waals surface area contributed by atoms with Crippen molar-refractivity contribution in [1.82, 2.24) is 0 Å². The maximum Gasteiger partial charge on any atom is 0.336 e. The summed E-state index contributed by atoms with van der Waals surface area (Å²) in [4.78, 5) is 31.3. The summed E-state index contributed by atoms with van der Waals surface area (Å²) in [6.45, 7) is 0. The molecular formula is C26H17FN2O4S. The number of fused-ring (bicyclic) bond motifs is 1. The Balaban J connectivity index is 1.52. The third-order valence-electron chi connectivity index (χ3n) is 5.19. The summed E-state index contributed by atoms with van der Waals surface area (Å²) in [5.74, 6) is -0.438. The van der Waals surface area contributed by atoms with Gasteiger partial charge in [0.2, 0.25) is 0 Å². The minimum absolute atomic E-state index is 0.00982. The van der Waals surface area contributed by atoms with Crippen LogP contribution in [0.1, 0.15) is 11.1 Å². The highest BCUT2D eigenvalue weighted by Gasteiger charge is 2.32. The molecule has 0 bridgehead atoms. The number of aromatic hydroxyl groups is 1. The Morgan fingerprint density at radius 3 is 2.53 bits per heavy atom. The van der Waals surface area contributed by atoms with Gasteiger partial charge in [-0.15, -0.1) is 0 Å². The van der Waals surface area contributed by atoms with E-state index in [9.17, 15) is 19.1 Å². The number of benzene rings is 3. The second-order valence-corrected chi connectivity index (χ2v) is 8.45. The van der Waals surface area contributed by atoms with E-state index < -0.39 is 11.4 Å². The molecule has 34 heavy (non-hydrogen) atoms. The smallest absolute Gasteiger partial charge is 0.336 e. The van der Waals surface area contributed by atoms with Gasteiger partial charge in [0.25, 0.3) is 5.91 Å². The molecule has 1 aliphatic rings. The van der Waals surface area contributed by atoms with Gasteiger partial charge in [-0.1, -0.05) is 42.1 Å². The molecule has 0 aliphatic carbocycles. The fourth-order valence-corrected chi connectivity index (χ4v) is 4.60. The van der Waals surface area contributed by atoms with Crippen LogP contribution in [0.25, 0.3) is 17.0 Å². The van der Waals surface area contributed by atoms with E-state index in [2.05, 4.69) is 4.99 Å². The van der Waals surface area contributed by atoms with E-state index >= 15 is 0 Å². The molecule has 8 heteroatoms. The molecule has 0 saturated heterocycles. The Bertz CT molecular complexity index is 1510. The molecule has 3 aromatic carbocycles. The van der Waals surface area contributed by atoms with Crippen molar-refractivity contribution in [2.24, 2.45) is 4.99 Å². The number of carbonyl (C=O) groups excluding carboxylic acids is 1. The van der Waals surface area contributed by atoms with Crippen LogP contribution in [0.4, 0.5) is 10.1 Å². The first kappa shape index (κ1) is 21.7. The summed E-state index contributed by atoms with van der Waals surface area (Å²) in [6, 6.07) is 20.9. The number of nitrogens with zero attached hydrogens (tertiary/aromatic N) is 2. The quantitative estimate of drug-likeness (QED) is 0.321. The number of thioether (sulfide) groups is 1. The van der Waals surface area contributed by atoms with E-state index in [1.54, 1.807) is 12.1 Å². The molecule has 1 aromatic heterocycles. The number of anilines is 1. The van der Waals surface area contributed by atoms with Gasteiger partial charge in [0.1, 0.15) is 22.8 Å². The second-order valence-electron chi connectivity index (χ2n) is 7.51. The lowest BCUT2D eigenvalue weighted by molar-refractivity contribution is -0.113. The average molecular weight is 472 g/mol. The number of hydrogen-bond acceptors (Lipinski definition) is 6. The van der Waals surface area contributed by atoms with Crippen LogP contribution in [0.5, 0.6) is 5.75 Å². The first-order chi connectivity index (χ1) is 16.5. The molecule has 1 N–H and O–H groups in total. The number of amidine groups is 1. The lowest BCUT2D eigenvalue weighted by Crippen LogP contribution is -2.30. The molecule has 0 unspecified atom stereocenters. The van der Waals surface area contributed by atoms with Gasteiger partial charge >= 0.3 is 5.63 Å². The Kier molecular flexibility index (Phi) is 5.73. The number of carbonyl (C=O) groups is 1. The molecule has 1 amide bonds. The maximum absolute atomic E-state index is 13.5. The fraction of sp³-hybridized carbons (Fsp3) is 0.0385. The summed E-state index contributed by atoms with van der Waals surface area (Å²) >= 11 is 1.27. The molecule has 5 rings (SSSR count). The minimum Gasteiger partial charge on any atom is -0.508 e. The standard InChI is InChI=1S/C26H17FN2O4S/c27-18-6-8-19(9-7-18)29-25(32)22(12-16-4-2-1-3-5-16)28-26(29)34-15-17-13-24(31)33-23-14-20(30)10-11-21(17)23/h1-14,30H,15H2/b22-12-. The van der Waals surface area contributed by atoms with Crippen molar-refractivity contribution in [2.45, 2.75) is 5.75 Å². The van der Waals surface area contributed by atoms with Gasteiger partial charge < -0.3 is 9.52 Å². The molecule has 0 spiro atoms. The summed E-state index contributed by atoms with van der Waals surface area (Å²) < 4.78 is 18.7. The summed E-state index contributed by atoms with van der Waals surface area (Å²) in [6.07, 6.45) is 1.70. The highest BCUT2D eigenvalue weighted by molar-refractivity contribution is 8.13. The fourth-order valence-electron chi connectivity index (χ4n) is 3.60.